The van der Waals surface area contributed by atoms with Gasteiger partial charge >= 0.3 is 5.97 Å². The third kappa shape index (κ3) is 3.24. The SMILES string of the molecule is Cc1cc(C)cc(NOC(C)(C)C(=O)O)c1. The van der Waals surface area contributed by atoms with E-state index in [9.17, 15) is 4.79 Å². The van der Waals surface area contributed by atoms with E-state index in [2.05, 4.69) is 5.48 Å². The van der Waals surface area contributed by atoms with Gasteiger partial charge in [0.15, 0.2) is 5.60 Å². The Morgan fingerprint density at radius 2 is 1.75 bits per heavy atom. The van der Waals surface area contributed by atoms with Gasteiger partial charge in [0.25, 0.3) is 0 Å². The standard InChI is InChI=1S/C12H17NO3/c1-8-5-9(2)7-10(6-8)13-16-12(3,4)11(14)15/h5-7,13H,1-4H3,(H,14,15). The molecular weight excluding hydrogens is 206 g/mol. The summed E-state index contributed by atoms with van der Waals surface area (Å²) in [4.78, 5) is 15.9. The molecule has 1 aromatic rings. The highest BCUT2D eigenvalue weighted by Gasteiger charge is 2.28. The van der Waals surface area contributed by atoms with Gasteiger partial charge < -0.3 is 5.11 Å². The largest absolute Gasteiger partial charge is 0.479 e. The highest BCUT2D eigenvalue weighted by atomic mass is 16.7. The van der Waals surface area contributed by atoms with Crippen LogP contribution in [-0.4, -0.2) is 16.7 Å². The number of anilines is 1. The van der Waals surface area contributed by atoms with Gasteiger partial charge in [-0.15, -0.1) is 0 Å². The van der Waals surface area contributed by atoms with Gasteiger partial charge in [-0.3, -0.25) is 10.3 Å². The van der Waals surface area contributed by atoms with Crippen molar-refractivity contribution in [3.63, 3.8) is 0 Å². The molecule has 4 nitrogen and oxygen atoms in total. The van der Waals surface area contributed by atoms with Crippen LogP contribution in [0.3, 0.4) is 0 Å². The van der Waals surface area contributed by atoms with Crippen LogP contribution in [0.2, 0.25) is 0 Å². The van der Waals surface area contributed by atoms with E-state index in [0.717, 1.165) is 16.8 Å². The van der Waals surface area contributed by atoms with Gasteiger partial charge in [0.05, 0.1) is 5.69 Å². The molecule has 0 fully saturated rings. The second-order valence-electron chi connectivity index (χ2n) is 4.40. The molecule has 2 N–H and O–H groups in total. The number of carboxylic acids is 1. The predicted octanol–water partition coefficient (Wildman–Crippen LogP) is 2.51. The van der Waals surface area contributed by atoms with E-state index in [-0.39, 0.29) is 0 Å². The summed E-state index contributed by atoms with van der Waals surface area (Å²) in [6, 6.07) is 5.82. The lowest BCUT2D eigenvalue weighted by Crippen LogP contribution is -2.36. The topological polar surface area (TPSA) is 58.6 Å². The second kappa shape index (κ2) is 4.53. The number of hydrogen-bond donors (Lipinski definition) is 2. The van der Waals surface area contributed by atoms with E-state index in [1.165, 1.54) is 13.8 Å². The quantitative estimate of drug-likeness (QED) is 0.770. The Morgan fingerprint density at radius 1 is 1.25 bits per heavy atom. The molecule has 1 aromatic carbocycles. The lowest BCUT2D eigenvalue weighted by molar-refractivity contribution is -0.157. The fraction of sp³-hybridized carbons (Fsp3) is 0.417. The number of aryl methyl sites for hydroxylation is 2. The monoisotopic (exact) mass is 223 g/mol. The zero-order chi connectivity index (χ0) is 12.3. The van der Waals surface area contributed by atoms with Crippen molar-refractivity contribution in [2.45, 2.75) is 33.3 Å². The van der Waals surface area contributed by atoms with Crippen molar-refractivity contribution >= 4 is 11.7 Å². The number of carboxylic acid groups (broad SMARTS) is 1. The average molecular weight is 223 g/mol. The van der Waals surface area contributed by atoms with E-state index in [1.807, 2.05) is 32.0 Å². The normalized spacial score (nSPS) is 11.2. The summed E-state index contributed by atoms with van der Waals surface area (Å²) in [7, 11) is 0. The first-order valence-electron chi connectivity index (χ1n) is 5.07. The molecule has 0 unspecified atom stereocenters. The Labute approximate surface area is 95.2 Å². The van der Waals surface area contributed by atoms with E-state index < -0.39 is 11.6 Å². The van der Waals surface area contributed by atoms with Gasteiger partial charge in [0.1, 0.15) is 0 Å². The Hall–Kier alpha value is -1.55. The van der Waals surface area contributed by atoms with Crippen LogP contribution in [0.4, 0.5) is 5.69 Å². The maximum absolute atomic E-state index is 10.8. The van der Waals surface area contributed by atoms with Crippen LogP contribution >= 0.6 is 0 Å². The van der Waals surface area contributed by atoms with Crippen LogP contribution in [0.5, 0.6) is 0 Å². The maximum atomic E-state index is 10.8. The Balaban J connectivity index is 2.71. The number of benzene rings is 1. The average Bonchev–Trinajstić information content (AvgIpc) is 2.13. The first-order valence-corrected chi connectivity index (χ1v) is 5.07. The fourth-order valence-electron chi connectivity index (χ4n) is 1.26. The number of rotatable bonds is 4. The van der Waals surface area contributed by atoms with Crippen molar-refractivity contribution in [3.8, 4) is 0 Å². The van der Waals surface area contributed by atoms with Gasteiger partial charge in [-0.2, -0.15) is 0 Å². The minimum Gasteiger partial charge on any atom is -0.479 e. The number of hydrogen-bond acceptors (Lipinski definition) is 3. The molecule has 0 spiro atoms. The van der Waals surface area contributed by atoms with Crippen LogP contribution in [0.25, 0.3) is 0 Å². The first-order chi connectivity index (χ1) is 7.31. The Kier molecular flexibility index (Phi) is 3.55. The van der Waals surface area contributed by atoms with Crippen molar-refractivity contribution in [3.05, 3.63) is 29.3 Å². The molecule has 0 heterocycles. The number of carbonyl (C=O) groups is 1. The summed E-state index contributed by atoms with van der Waals surface area (Å²) in [6.07, 6.45) is 0. The number of aliphatic carboxylic acids is 1. The molecule has 0 radical (unpaired) electrons. The molecule has 0 aliphatic carbocycles. The van der Waals surface area contributed by atoms with Crippen LogP contribution in [0, 0.1) is 13.8 Å². The predicted molar refractivity (Wildman–Crippen MR) is 62.3 cm³/mol. The van der Waals surface area contributed by atoms with Crippen molar-refractivity contribution < 1.29 is 14.7 Å². The smallest absolute Gasteiger partial charge is 0.338 e. The second-order valence-corrected chi connectivity index (χ2v) is 4.40. The molecule has 0 aliphatic heterocycles. The van der Waals surface area contributed by atoms with Crippen molar-refractivity contribution in [1.82, 2.24) is 0 Å². The molecule has 0 saturated heterocycles. The van der Waals surface area contributed by atoms with E-state index in [0.29, 0.717) is 0 Å². The van der Waals surface area contributed by atoms with E-state index >= 15 is 0 Å². The lowest BCUT2D eigenvalue weighted by atomic mass is 10.1. The van der Waals surface area contributed by atoms with Crippen LogP contribution in [0.15, 0.2) is 18.2 Å². The van der Waals surface area contributed by atoms with Crippen LogP contribution in [0.1, 0.15) is 25.0 Å². The molecule has 0 amide bonds. The van der Waals surface area contributed by atoms with Crippen molar-refractivity contribution in [2.24, 2.45) is 0 Å². The Bertz CT molecular complexity index is 379. The van der Waals surface area contributed by atoms with Crippen LogP contribution in [-0.2, 0) is 9.63 Å². The molecule has 0 aliphatic rings. The zero-order valence-electron chi connectivity index (χ0n) is 10.00. The van der Waals surface area contributed by atoms with Gasteiger partial charge in [-0.25, -0.2) is 4.79 Å². The summed E-state index contributed by atoms with van der Waals surface area (Å²) in [5, 5.41) is 8.86. The highest BCUT2D eigenvalue weighted by Crippen LogP contribution is 2.16. The van der Waals surface area contributed by atoms with Crippen molar-refractivity contribution in [1.29, 1.82) is 0 Å². The van der Waals surface area contributed by atoms with Gasteiger partial charge in [0, 0.05) is 0 Å². The Morgan fingerprint density at radius 3 is 2.19 bits per heavy atom. The summed E-state index contributed by atoms with van der Waals surface area (Å²) in [6.45, 7) is 6.93. The molecule has 0 saturated carbocycles. The fourth-order valence-corrected chi connectivity index (χ4v) is 1.26. The van der Waals surface area contributed by atoms with Gasteiger partial charge in [-0.05, 0) is 51.0 Å². The third-order valence-corrected chi connectivity index (χ3v) is 2.16. The summed E-state index contributed by atoms with van der Waals surface area (Å²) < 4.78 is 0. The summed E-state index contributed by atoms with van der Waals surface area (Å²) in [5.41, 5.74) is 4.36. The molecular formula is C12H17NO3. The third-order valence-electron chi connectivity index (χ3n) is 2.16. The molecule has 0 aromatic heterocycles. The minimum atomic E-state index is -1.25. The minimum absolute atomic E-state index is 0.756. The molecule has 4 heteroatoms. The highest BCUT2D eigenvalue weighted by molar-refractivity contribution is 5.76. The van der Waals surface area contributed by atoms with Gasteiger partial charge in [-0.1, -0.05) is 6.07 Å². The maximum Gasteiger partial charge on any atom is 0.338 e. The number of nitrogens with one attached hydrogen (secondary N) is 1. The molecule has 88 valence electrons. The molecule has 1 rings (SSSR count). The molecule has 16 heavy (non-hydrogen) atoms. The van der Waals surface area contributed by atoms with Crippen molar-refractivity contribution in [2.75, 3.05) is 5.48 Å². The van der Waals surface area contributed by atoms with E-state index in [4.69, 9.17) is 9.94 Å². The zero-order valence-corrected chi connectivity index (χ0v) is 10.00. The lowest BCUT2D eigenvalue weighted by Gasteiger charge is -2.20. The van der Waals surface area contributed by atoms with Crippen LogP contribution < -0.4 is 5.48 Å². The molecule has 0 bridgehead atoms. The summed E-state index contributed by atoms with van der Waals surface area (Å²) >= 11 is 0. The first kappa shape index (κ1) is 12.5. The molecule has 0 atom stereocenters. The van der Waals surface area contributed by atoms with Gasteiger partial charge in [0.2, 0.25) is 0 Å². The van der Waals surface area contributed by atoms with E-state index in [1.54, 1.807) is 0 Å². The summed E-state index contributed by atoms with van der Waals surface area (Å²) in [5.74, 6) is -1.01.